The number of carbonyl (C=O) groups excluding carboxylic acids is 1. The van der Waals surface area contributed by atoms with E-state index in [-0.39, 0.29) is 6.54 Å². The molecule has 0 unspecified atom stereocenters. The summed E-state index contributed by atoms with van der Waals surface area (Å²) in [5.41, 5.74) is 0. The Morgan fingerprint density at radius 3 is 2.59 bits per heavy atom. The third kappa shape index (κ3) is 4.06. The van der Waals surface area contributed by atoms with Gasteiger partial charge in [0.2, 0.25) is 11.9 Å². The molecule has 0 radical (unpaired) electrons. The minimum atomic E-state index is -1.07. The summed E-state index contributed by atoms with van der Waals surface area (Å²) in [6.45, 7) is 1.40. The second-order valence-corrected chi connectivity index (χ2v) is 3.53. The van der Waals surface area contributed by atoms with Gasteiger partial charge in [0.15, 0.2) is 0 Å². The first kappa shape index (κ1) is 12.9. The summed E-state index contributed by atoms with van der Waals surface area (Å²) < 4.78 is 0. The van der Waals surface area contributed by atoms with Crippen molar-refractivity contribution in [1.82, 2.24) is 15.3 Å². The average molecular weight is 238 g/mol. The highest BCUT2D eigenvalue weighted by molar-refractivity contribution is 5.85. The Bertz CT molecular complexity index is 396. The number of hydrogen-bond donors (Lipinski definition) is 2. The van der Waals surface area contributed by atoms with Crippen molar-refractivity contribution in [2.24, 2.45) is 0 Å². The fraction of sp³-hybridized carbons (Fsp3) is 0.400. The van der Waals surface area contributed by atoms with E-state index in [9.17, 15) is 9.59 Å². The van der Waals surface area contributed by atoms with Crippen molar-refractivity contribution in [1.29, 1.82) is 0 Å². The zero-order valence-electron chi connectivity index (χ0n) is 9.62. The third-order valence-corrected chi connectivity index (χ3v) is 2.02. The first-order valence-electron chi connectivity index (χ1n) is 5.01. The van der Waals surface area contributed by atoms with Gasteiger partial charge in [0.25, 0.3) is 0 Å². The van der Waals surface area contributed by atoms with Crippen molar-refractivity contribution in [3.63, 3.8) is 0 Å². The van der Waals surface area contributed by atoms with E-state index in [1.165, 1.54) is 11.8 Å². The minimum absolute atomic E-state index is 0.00162. The van der Waals surface area contributed by atoms with E-state index in [4.69, 9.17) is 5.11 Å². The zero-order valence-corrected chi connectivity index (χ0v) is 9.62. The summed E-state index contributed by atoms with van der Waals surface area (Å²) in [7, 11) is 1.65. The number of carboxylic acids is 1. The predicted molar refractivity (Wildman–Crippen MR) is 60.5 cm³/mol. The quantitative estimate of drug-likeness (QED) is 0.718. The maximum absolute atomic E-state index is 11.5. The number of likely N-dealkylation sites (N-methyl/N-ethyl adjacent to an activating group) is 1. The van der Waals surface area contributed by atoms with Crippen molar-refractivity contribution in [2.75, 3.05) is 18.5 Å². The van der Waals surface area contributed by atoms with Gasteiger partial charge >= 0.3 is 5.97 Å². The lowest BCUT2D eigenvalue weighted by Gasteiger charge is -2.17. The van der Waals surface area contributed by atoms with Gasteiger partial charge in [-0.05, 0) is 13.0 Å². The van der Waals surface area contributed by atoms with Gasteiger partial charge < -0.3 is 15.3 Å². The van der Waals surface area contributed by atoms with Crippen molar-refractivity contribution in [3.05, 3.63) is 18.5 Å². The molecule has 2 N–H and O–H groups in total. The van der Waals surface area contributed by atoms with E-state index >= 15 is 0 Å². The minimum Gasteiger partial charge on any atom is -0.480 e. The van der Waals surface area contributed by atoms with Gasteiger partial charge in [0, 0.05) is 19.4 Å². The number of hydrogen-bond acceptors (Lipinski definition) is 5. The van der Waals surface area contributed by atoms with Gasteiger partial charge in [0.05, 0.1) is 6.54 Å². The molecule has 0 fully saturated rings. The molecule has 92 valence electrons. The lowest BCUT2D eigenvalue weighted by atomic mass is 10.3. The van der Waals surface area contributed by atoms with Crippen LogP contribution < -0.4 is 10.2 Å². The van der Waals surface area contributed by atoms with Crippen LogP contribution in [0.5, 0.6) is 0 Å². The van der Waals surface area contributed by atoms with Gasteiger partial charge in [-0.3, -0.25) is 9.59 Å². The van der Waals surface area contributed by atoms with E-state index in [1.54, 1.807) is 25.5 Å². The van der Waals surface area contributed by atoms with E-state index in [1.807, 2.05) is 0 Å². The smallest absolute Gasteiger partial charge is 0.325 e. The Balaban J connectivity index is 2.49. The zero-order chi connectivity index (χ0) is 12.8. The Labute approximate surface area is 98.5 Å². The molecule has 7 heteroatoms. The molecule has 1 atom stereocenters. The van der Waals surface area contributed by atoms with Crippen LogP contribution in [0.1, 0.15) is 6.92 Å². The van der Waals surface area contributed by atoms with Crippen LogP contribution in [0.15, 0.2) is 18.5 Å². The Morgan fingerprint density at radius 2 is 2.06 bits per heavy atom. The number of nitrogens with one attached hydrogen (secondary N) is 1. The van der Waals surface area contributed by atoms with Crippen LogP contribution in [0.25, 0.3) is 0 Å². The molecule has 7 nitrogen and oxygen atoms in total. The standard InChI is InChI=1S/C10H14N4O3/c1-7(9(16)17)13-8(15)6-14(2)10-11-4-3-5-12-10/h3-5,7H,6H2,1-2H3,(H,13,15)(H,16,17)/t7-/m1/s1. The second kappa shape index (κ2) is 5.78. The van der Waals surface area contributed by atoms with E-state index in [0.717, 1.165) is 0 Å². The summed E-state index contributed by atoms with van der Waals surface area (Å²) in [5.74, 6) is -1.06. The van der Waals surface area contributed by atoms with Crippen molar-refractivity contribution in [3.8, 4) is 0 Å². The van der Waals surface area contributed by atoms with Crippen molar-refractivity contribution in [2.45, 2.75) is 13.0 Å². The van der Waals surface area contributed by atoms with Crippen LogP contribution in [0.4, 0.5) is 5.95 Å². The lowest BCUT2D eigenvalue weighted by Crippen LogP contribution is -2.43. The molecule has 1 heterocycles. The van der Waals surface area contributed by atoms with Gasteiger partial charge in [-0.2, -0.15) is 0 Å². The topological polar surface area (TPSA) is 95.4 Å². The largest absolute Gasteiger partial charge is 0.480 e. The van der Waals surface area contributed by atoms with Crippen LogP contribution in [0.2, 0.25) is 0 Å². The molecule has 1 aromatic rings. The molecular formula is C10H14N4O3. The van der Waals surface area contributed by atoms with E-state index < -0.39 is 17.9 Å². The number of carboxylic acid groups (broad SMARTS) is 1. The molecule has 0 spiro atoms. The highest BCUT2D eigenvalue weighted by Crippen LogP contribution is 2.00. The lowest BCUT2D eigenvalue weighted by molar-refractivity contribution is -0.141. The number of carbonyl (C=O) groups is 2. The Morgan fingerprint density at radius 1 is 1.47 bits per heavy atom. The van der Waals surface area contributed by atoms with Crippen LogP contribution in [0, 0.1) is 0 Å². The molecule has 17 heavy (non-hydrogen) atoms. The highest BCUT2D eigenvalue weighted by Gasteiger charge is 2.15. The molecule has 0 saturated heterocycles. The fourth-order valence-electron chi connectivity index (χ4n) is 1.12. The first-order chi connectivity index (χ1) is 8.00. The SMILES string of the molecule is C[C@@H](NC(=O)CN(C)c1ncccn1)C(=O)O. The highest BCUT2D eigenvalue weighted by atomic mass is 16.4. The second-order valence-electron chi connectivity index (χ2n) is 3.53. The van der Waals surface area contributed by atoms with Gasteiger partial charge in [0.1, 0.15) is 6.04 Å². The number of anilines is 1. The Kier molecular flexibility index (Phi) is 4.38. The molecule has 1 amide bonds. The predicted octanol–water partition coefficient (Wildman–Crippen LogP) is -0.498. The van der Waals surface area contributed by atoms with Gasteiger partial charge in [-0.15, -0.1) is 0 Å². The molecule has 1 aromatic heterocycles. The summed E-state index contributed by atoms with van der Waals surface area (Å²) in [6.07, 6.45) is 3.13. The summed E-state index contributed by atoms with van der Waals surface area (Å²) in [6, 6.07) is 0.761. The van der Waals surface area contributed by atoms with Crippen LogP contribution >= 0.6 is 0 Å². The van der Waals surface area contributed by atoms with Crippen LogP contribution in [0.3, 0.4) is 0 Å². The first-order valence-corrected chi connectivity index (χ1v) is 5.01. The third-order valence-electron chi connectivity index (χ3n) is 2.02. The molecular weight excluding hydrogens is 224 g/mol. The number of rotatable bonds is 5. The number of aliphatic carboxylic acids is 1. The van der Waals surface area contributed by atoms with Crippen LogP contribution in [-0.4, -0.2) is 46.6 Å². The average Bonchev–Trinajstić information content (AvgIpc) is 2.29. The molecule has 1 rings (SSSR count). The number of aromatic nitrogens is 2. The maximum Gasteiger partial charge on any atom is 0.325 e. The summed E-state index contributed by atoms with van der Waals surface area (Å²) >= 11 is 0. The number of amides is 1. The van der Waals surface area contributed by atoms with Crippen LogP contribution in [-0.2, 0) is 9.59 Å². The van der Waals surface area contributed by atoms with Gasteiger partial charge in [-0.1, -0.05) is 0 Å². The van der Waals surface area contributed by atoms with E-state index in [2.05, 4.69) is 15.3 Å². The molecule has 0 aromatic carbocycles. The summed E-state index contributed by atoms with van der Waals surface area (Å²) in [5, 5.41) is 11.0. The Hall–Kier alpha value is -2.18. The summed E-state index contributed by atoms with van der Waals surface area (Å²) in [4.78, 5) is 31.5. The van der Waals surface area contributed by atoms with E-state index in [0.29, 0.717) is 5.95 Å². The number of nitrogens with zero attached hydrogens (tertiary/aromatic N) is 3. The van der Waals surface area contributed by atoms with Gasteiger partial charge in [-0.25, -0.2) is 9.97 Å². The molecule has 0 bridgehead atoms. The maximum atomic E-state index is 11.5. The molecule has 0 aliphatic carbocycles. The molecule has 0 saturated carbocycles. The molecule has 0 aliphatic heterocycles. The normalized spacial score (nSPS) is 11.6. The fourth-order valence-corrected chi connectivity index (χ4v) is 1.12. The van der Waals surface area contributed by atoms with Crippen molar-refractivity contribution >= 4 is 17.8 Å². The molecule has 0 aliphatic rings. The monoisotopic (exact) mass is 238 g/mol. The van der Waals surface area contributed by atoms with Crippen molar-refractivity contribution < 1.29 is 14.7 Å².